The number of esters is 1. The molecule has 140 heavy (non-hydrogen) atoms. The summed E-state index contributed by atoms with van der Waals surface area (Å²) in [5.41, 5.74) is 0.655. The number of para-hydroxylation sites is 3. The smallest absolute Gasteiger partial charge is 0.339 e. The summed E-state index contributed by atoms with van der Waals surface area (Å²) < 4.78 is 15.8. The number of benzene rings is 3. The van der Waals surface area contributed by atoms with Crippen LogP contribution in [0.15, 0.2) is 72.8 Å². The van der Waals surface area contributed by atoms with Crippen LogP contribution in [-0.2, 0) is 4.74 Å². The van der Waals surface area contributed by atoms with Crippen molar-refractivity contribution in [3.05, 3.63) is 89.5 Å². The van der Waals surface area contributed by atoms with E-state index in [9.17, 15) is 14.4 Å². The molecule has 0 saturated heterocycles. The Hall–Kier alpha value is 66.8. The number of hydrogen-bond donors (Lipinski definition) is 3. The van der Waals surface area contributed by atoms with Gasteiger partial charge in [-0.05, 0) is 62.1 Å². The third-order valence-electron chi connectivity index (χ3n) is 8.54. The molecular weight excluding hydrogens is 12900 g/mol. The molecule has 9 nitrogen and oxygen atoms in total. The summed E-state index contributed by atoms with van der Waals surface area (Å²) in [6, 6.07) is 19.6. The monoisotopic (exact) mass is 13000 g/mol. The number of halogens is 98. The van der Waals surface area contributed by atoms with Crippen molar-refractivity contribution in [2.75, 3.05) is 25.2 Å². The molecule has 0 bridgehead atoms. The molecule has 0 fully saturated rings. The first kappa shape index (κ1) is 211. The Kier molecular flexibility index (Phi) is 199. The molecule has 0 amide bonds. The maximum atomic E-state index is 11.7. The van der Waals surface area contributed by atoms with Crippen molar-refractivity contribution >= 4 is 1330 Å². The van der Waals surface area contributed by atoms with E-state index in [4.69, 9.17) is 29.5 Å². The number of alkyl halides is 1. The summed E-state index contributed by atoms with van der Waals surface area (Å²) in [5.74, 6) is -1.53. The SMILES string of the molecule is CCCBr.CCCOC(=O)c1ccccc1OCCC.CCCOc1ccccc1C(=O)O.II(I)I(I)I(I)I(I)I(I)I(I)I(I)I(I)I(I)I(I)I(I)I(I)I(I)I(I)I(I)I(I)I(I)I(I)I(I)I(I)I(I)I(I)I(I)I.I[I-]I(I)I(I)I(I)I(I)I(I)I(I)I(I)I(I)I(I)I(I)I(I)I(I)I(I)I(I)I(I)I(I)I(I)I(I)I(I)I(I)I(I)I(I)I(I)I.O=C(O)c1ccccc1O. The van der Waals surface area contributed by atoms with E-state index >= 15 is 0 Å². The van der Waals surface area contributed by atoms with Crippen molar-refractivity contribution < 1.29 is 57.2 Å². The Bertz CT molecular complexity index is 3700. The number of carboxylic acids is 2. The number of hydrogen-bond acceptors (Lipinski definition) is 7. The summed E-state index contributed by atoms with van der Waals surface area (Å²) in [6.07, 6.45) is 3.84. The molecule has 0 unspecified atom stereocenters. The van der Waals surface area contributed by atoms with Gasteiger partial charge in [0.2, 0.25) is 0 Å². The van der Waals surface area contributed by atoms with E-state index in [2.05, 4.69) is 954 Å². The van der Waals surface area contributed by atoms with E-state index in [1.165, 1.54) is 24.6 Å². The molecule has 3 rings (SSSR count). The predicted octanol–water partition coefficient (Wildman–Crippen LogP) is 90.1. The first-order valence-corrected chi connectivity index (χ1v) is 626. The first-order chi connectivity index (χ1) is 64.7. The molecule has 3 N–H and O–H groups in total. The number of aromatic hydroxyl groups is 1. The molecule has 0 saturated carbocycles. The van der Waals surface area contributed by atoms with Crippen LogP contribution in [0, 0.1) is 0 Å². The quantitative estimate of drug-likeness (QED) is 0.0286. The molecule has 0 aromatic heterocycles. The van der Waals surface area contributed by atoms with Crippen LogP contribution in [-0.4, -0.2) is 58.4 Å². The van der Waals surface area contributed by atoms with Gasteiger partial charge in [-0.25, -0.2) is 14.4 Å². The average Bonchev–Trinajstić information content (AvgIpc) is 0.819. The Balaban J connectivity index is -0.00000188. The van der Waals surface area contributed by atoms with Crippen LogP contribution < -0.4 is 22.7 Å². The zero-order valence-electron chi connectivity index (χ0n) is 61.9. The number of phenols is 1. The summed E-state index contributed by atoms with van der Waals surface area (Å²) >= 11 is 167. The number of carboxylic acid groups (broad SMARTS) is 2. The second kappa shape index (κ2) is 132. The molecule has 3 aromatic rings. The molecule has 0 radical (unpaired) electrons. The molecule has 0 atom stereocenters. The summed E-state index contributed by atoms with van der Waals surface area (Å²) in [6.45, 7) is 9.70. The third-order valence-corrected chi connectivity index (χ3v) is 7360. The van der Waals surface area contributed by atoms with Crippen LogP contribution in [0.2, 0.25) is 0 Å². The van der Waals surface area contributed by atoms with Gasteiger partial charge in [0.15, 0.2) is 0 Å². The van der Waals surface area contributed by atoms with E-state index in [1.54, 1.807) is 48.5 Å². The van der Waals surface area contributed by atoms with Crippen LogP contribution in [0.25, 0.3) is 0 Å². The van der Waals surface area contributed by atoms with Crippen molar-refractivity contribution in [2.45, 2.75) is 53.4 Å². The molecule has 0 aliphatic rings. The van der Waals surface area contributed by atoms with E-state index in [0.29, 0.717) is 50.1 Å². The fraction of sp³-hybridized carbons (Fsp3) is 0.364. The fourth-order valence-corrected chi connectivity index (χ4v) is 17800. The van der Waals surface area contributed by atoms with Crippen molar-refractivity contribution in [3.63, 3.8) is 0 Å². The standard InChI is InChI=1S/C13H18O3.C10H12O3.C7H6O3.C3H7Br.I49.I48/c1-3-9-15-12-8-6-5-7-11(12)13(14)16-10-4-2;1-2-7-13-9-6-4-3-5-8(9)10(11)12;8-6-4-2-1-3-5(6)7(9)10;1-2-3-4;1-26-28(4)30(6)32(8)34(10)36(12)38(14)40(16)42(18)44(20)46(22)48(24)49(25)47(23)45(21)43(19)41(17)39(15)37(13)35(11)33(9)31(7)29(5)27(2)3;1-26(2)28(5)30(7)32(9)34(11)36(13)38(15)40(17)42(19)44(21)46(23)48(25)47(24)45(22)43(20)41(18)39(16)37(14)35(12)33(10)31(8)29(6)27(3)4/h5-8H,3-4,9-10H2,1-2H3;3-6H,2,7H2,1H3,(H,11,12);1-4,8H,(H,9,10);2-3H2,1H3;;/q;;;;-1;. The predicted molar refractivity (Wildman–Crippen MR) is 1520 cm³/mol. The summed E-state index contributed by atoms with van der Waals surface area (Å²) in [4.78, 5) is 32.7. The molecule has 0 heterocycles. The Labute approximate surface area is 1490 Å². The number of rotatable bonds is 57. The topological polar surface area (TPSA) is 140 Å². The van der Waals surface area contributed by atoms with Gasteiger partial charge in [-0.1, -0.05) is 80.0 Å². The number of carbonyl (C=O) groups is 3. The van der Waals surface area contributed by atoms with Gasteiger partial charge in [-0.15, -0.1) is 0 Å². The molecule has 916 valence electrons. The number of ether oxygens (including phenoxy) is 3. The average molecular weight is 13000 g/mol. The molecule has 3 aromatic carbocycles. The fourth-order valence-electron chi connectivity index (χ4n) is 4.19. The maximum Gasteiger partial charge on any atom is 0.339 e. The van der Waals surface area contributed by atoms with Gasteiger partial charge in [0.05, 0.1) is 19.8 Å². The van der Waals surface area contributed by atoms with E-state index in [0.717, 1.165) is 24.6 Å². The first-order valence-electron chi connectivity index (χ1n) is 27.7. The molecule has 107 heteroatoms. The van der Waals surface area contributed by atoms with Crippen LogP contribution in [0.3, 0.4) is 0 Å². The van der Waals surface area contributed by atoms with Crippen molar-refractivity contribution in [2.24, 2.45) is 0 Å². The zero-order valence-corrected chi connectivity index (χ0v) is 273. The van der Waals surface area contributed by atoms with Crippen LogP contribution in [0.5, 0.6) is 17.2 Å². The normalized spacial score (nSPS) is 15.9. The van der Waals surface area contributed by atoms with Crippen molar-refractivity contribution in [3.8, 4) is 17.2 Å². The van der Waals surface area contributed by atoms with Crippen LogP contribution in [0.4, 0.5) is 0 Å². The van der Waals surface area contributed by atoms with Crippen LogP contribution in [0.1, 0.15) is 84.5 Å². The molecule has 0 aliphatic carbocycles. The third kappa shape index (κ3) is 92.7. The zero-order chi connectivity index (χ0) is 110. The second-order valence-electron chi connectivity index (χ2n) is 16.1. The van der Waals surface area contributed by atoms with Crippen molar-refractivity contribution in [1.29, 1.82) is 0 Å². The Morgan fingerprint density at radius 3 is 0.579 bits per heavy atom. The number of aromatic carboxylic acids is 2. The van der Waals surface area contributed by atoms with Gasteiger partial charge in [0.25, 0.3) is 0 Å². The van der Waals surface area contributed by atoms with Gasteiger partial charge in [0, 0.05) is 5.33 Å². The Morgan fingerprint density at radius 2 is 0.414 bits per heavy atom. The number of carbonyl (C=O) groups excluding carboxylic acids is 1. The van der Waals surface area contributed by atoms with Crippen molar-refractivity contribution in [1.82, 2.24) is 0 Å². The molecule has 0 spiro atoms. The second-order valence-corrected chi connectivity index (χ2v) is 2280. The van der Waals surface area contributed by atoms with Gasteiger partial charge >= 0.3 is 1330 Å². The van der Waals surface area contributed by atoms with E-state index < -0.39 is 375 Å². The Morgan fingerprint density at radius 1 is 0.250 bits per heavy atom. The minimum absolute atomic E-state index is 0.0671. The molecule has 0 aliphatic heterocycles. The molecular formula is C33H43BrI97O9-. The largest absolute Gasteiger partial charge is 0.507 e. The maximum absolute atomic E-state index is 11.7. The summed E-state index contributed by atoms with van der Waals surface area (Å²) in [7, 11) is -24.2. The minimum atomic E-state index is -1.11. The van der Waals surface area contributed by atoms with Gasteiger partial charge in [0.1, 0.15) is 33.9 Å². The minimum Gasteiger partial charge on any atom is -0.507 e. The summed E-state index contributed by atoms with van der Waals surface area (Å²) in [5, 5.41) is 27.2. The van der Waals surface area contributed by atoms with Gasteiger partial charge in [-0.2, -0.15) is 0 Å². The van der Waals surface area contributed by atoms with E-state index in [1.807, 2.05) is 26.8 Å². The van der Waals surface area contributed by atoms with Gasteiger partial charge in [-0.3, -0.25) is 0 Å². The van der Waals surface area contributed by atoms with Crippen LogP contribution >= 0.6 is 1310 Å². The van der Waals surface area contributed by atoms with E-state index in [-0.39, 0.29) is 22.8 Å². The van der Waals surface area contributed by atoms with Gasteiger partial charge < -0.3 is 29.5 Å².